The molecule has 0 aliphatic heterocycles. The van der Waals surface area contributed by atoms with Crippen molar-refractivity contribution in [3.63, 3.8) is 0 Å². The molecule has 1 aromatic rings. The van der Waals surface area contributed by atoms with Crippen molar-refractivity contribution in [2.75, 3.05) is 6.54 Å². The highest BCUT2D eigenvalue weighted by atomic mass is 16.6. The predicted molar refractivity (Wildman–Crippen MR) is 90.8 cm³/mol. The van der Waals surface area contributed by atoms with E-state index in [-0.39, 0.29) is 11.6 Å². The number of benzene rings is 1. The van der Waals surface area contributed by atoms with Crippen molar-refractivity contribution in [1.82, 2.24) is 5.32 Å². The molecule has 2 rings (SSSR count). The summed E-state index contributed by atoms with van der Waals surface area (Å²) in [5.74, 6) is 0.361. The zero-order valence-corrected chi connectivity index (χ0v) is 13.8. The topological polar surface area (TPSA) is 93.8 Å². The number of non-ortho nitro benzene ring substituents is 1. The Labute approximate surface area is 141 Å². The van der Waals surface area contributed by atoms with Gasteiger partial charge in [-0.2, -0.15) is 0 Å². The Hall–Kier alpha value is -2.44. The third kappa shape index (κ3) is 5.64. The minimum Gasteiger partial charge on any atom is -0.383 e. The van der Waals surface area contributed by atoms with Crippen LogP contribution in [-0.4, -0.2) is 29.7 Å². The standard InChI is InChI=1S/C17H23N3O4/c1-13(17(21)18-11-14-6-3-2-4-7-14)24-19-12-15-8-5-9-16(10-15)20(22)23/h5,8-10,12-14H,2-4,6-7,11H2,1H3,(H,18,21)/b19-12+. The monoisotopic (exact) mass is 333 g/mol. The van der Waals surface area contributed by atoms with Gasteiger partial charge >= 0.3 is 0 Å². The quantitative estimate of drug-likeness (QED) is 0.471. The first-order valence-electron chi connectivity index (χ1n) is 8.27. The molecule has 0 radical (unpaired) electrons. The Balaban J connectivity index is 1.76. The molecule has 0 aromatic heterocycles. The molecule has 24 heavy (non-hydrogen) atoms. The number of nitrogens with one attached hydrogen (secondary N) is 1. The molecule has 0 saturated heterocycles. The molecule has 1 atom stereocenters. The van der Waals surface area contributed by atoms with E-state index in [2.05, 4.69) is 10.5 Å². The number of rotatable bonds is 7. The molecule has 0 heterocycles. The third-order valence-electron chi connectivity index (χ3n) is 4.16. The smallest absolute Gasteiger partial charge is 0.270 e. The van der Waals surface area contributed by atoms with E-state index >= 15 is 0 Å². The van der Waals surface area contributed by atoms with Gasteiger partial charge < -0.3 is 10.2 Å². The minimum absolute atomic E-state index is 0.0165. The Morgan fingerprint density at radius 1 is 1.46 bits per heavy atom. The summed E-state index contributed by atoms with van der Waals surface area (Å²) in [4.78, 5) is 27.3. The van der Waals surface area contributed by atoms with Crippen LogP contribution in [0.25, 0.3) is 0 Å². The van der Waals surface area contributed by atoms with Crippen LogP contribution in [0.15, 0.2) is 29.4 Å². The summed E-state index contributed by atoms with van der Waals surface area (Å²) in [7, 11) is 0. The number of oxime groups is 1. The van der Waals surface area contributed by atoms with E-state index in [1.165, 1.54) is 50.5 Å². The van der Waals surface area contributed by atoms with Gasteiger partial charge in [-0.25, -0.2) is 0 Å². The molecule has 1 aliphatic rings. The van der Waals surface area contributed by atoms with Crippen LogP contribution in [0.2, 0.25) is 0 Å². The Morgan fingerprint density at radius 3 is 2.92 bits per heavy atom. The van der Waals surface area contributed by atoms with Gasteiger partial charge in [0, 0.05) is 24.2 Å². The maximum atomic E-state index is 12.0. The molecule has 0 spiro atoms. The fourth-order valence-electron chi connectivity index (χ4n) is 2.73. The first-order valence-corrected chi connectivity index (χ1v) is 8.27. The number of carbonyl (C=O) groups excluding carboxylic acids is 1. The van der Waals surface area contributed by atoms with Crippen molar-refractivity contribution < 1.29 is 14.6 Å². The maximum absolute atomic E-state index is 12.0. The molecular formula is C17H23N3O4. The van der Waals surface area contributed by atoms with Crippen molar-refractivity contribution in [2.45, 2.75) is 45.1 Å². The second kappa shape index (κ2) is 9.00. The maximum Gasteiger partial charge on any atom is 0.270 e. The fourth-order valence-corrected chi connectivity index (χ4v) is 2.73. The van der Waals surface area contributed by atoms with Crippen molar-refractivity contribution in [2.24, 2.45) is 11.1 Å². The van der Waals surface area contributed by atoms with Crippen molar-refractivity contribution in [1.29, 1.82) is 0 Å². The van der Waals surface area contributed by atoms with E-state index in [1.54, 1.807) is 19.1 Å². The van der Waals surface area contributed by atoms with Crippen LogP contribution < -0.4 is 5.32 Å². The van der Waals surface area contributed by atoms with Crippen LogP contribution in [0.3, 0.4) is 0 Å². The zero-order chi connectivity index (χ0) is 17.4. The van der Waals surface area contributed by atoms with E-state index < -0.39 is 11.0 Å². The molecule has 0 bridgehead atoms. The Morgan fingerprint density at radius 2 is 2.21 bits per heavy atom. The SMILES string of the molecule is CC(O/N=C/c1cccc([N+](=O)[O-])c1)C(=O)NCC1CCCCC1. The molecule has 1 saturated carbocycles. The van der Waals surface area contributed by atoms with E-state index in [1.807, 2.05) is 0 Å². The van der Waals surface area contributed by atoms with E-state index in [0.29, 0.717) is 18.0 Å². The summed E-state index contributed by atoms with van der Waals surface area (Å²) in [6, 6.07) is 6.04. The largest absolute Gasteiger partial charge is 0.383 e. The average molecular weight is 333 g/mol. The second-order valence-corrected chi connectivity index (χ2v) is 6.08. The molecule has 1 unspecified atom stereocenters. The lowest BCUT2D eigenvalue weighted by atomic mass is 9.89. The van der Waals surface area contributed by atoms with Crippen molar-refractivity contribution >= 4 is 17.8 Å². The van der Waals surface area contributed by atoms with Crippen molar-refractivity contribution in [3.05, 3.63) is 39.9 Å². The Kier molecular flexibility index (Phi) is 6.72. The molecule has 7 heteroatoms. The van der Waals surface area contributed by atoms with Gasteiger partial charge in [0.1, 0.15) is 0 Å². The summed E-state index contributed by atoms with van der Waals surface area (Å²) in [6.45, 7) is 2.31. The predicted octanol–water partition coefficient (Wildman–Crippen LogP) is 3.03. The zero-order valence-electron chi connectivity index (χ0n) is 13.8. The van der Waals surface area contributed by atoms with E-state index in [4.69, 9.17) is 4.84 Å². The first-order chi connectivity index (χ1) is 11.6. The molecule has 1 amide bonds. The van der Waals surface area contributed by atoms with E-state index in [0.717, 1.165) is 0 Å². The Bertz CT molecular complexity index is 597. The van der Waals surface area contributed by atoms with Gasteiger partial charge in [0.2, 0.25) is 6.10 Å². The van der Waals surface area contributed by atoms with Crippen LogP contribution in [0, 0.1) is 16.0 Å². The average Bonchev–Trinajstić information content (AvgIpc) is 2.60. The third-order valence-corrected chi connectivity index (χ3v) is 4.16. The number of amides is 1. The van der Waals surface area contributed by atoms with Gasteiger partial charge in [-0.3, -0.25) is 14.9 Å². The molecule has 1 aliphatic carbocycles. The highest BCUT2D eigenvalue weighted by molar-refractivity contribution is 5.81. The number of nitrogens with zero attached hydrogens (tertiary/aromatic N) is 2. The summed E-state index contributed by atoms with van der Waals surface area (Å²) in [6.07, 6.45) is 6.75. The van der Waals surface area contributed by atoms with Gasteiger partial charge in [-0.15, -0.1) is 0 Å². The lowest BCUT2D eigenvalue weighted by Gasteiger charge is -2.22. The number of carbonyl (C=O) groups is 1. The number of hydrogen-bond acceptors (Lipinski definition) is 5. The van der Waals surface area contributed by atoms with Gasteiger partial charge in [-0.1, -0.05) is 36.6 Å². The van der Waals surface area contributed by atoms with Crippen LogP contribution in [0.4, 0.5) is 5.69 Å². The molecule has 130 valence electrons. The molecular weight excluding hydrogens is 310 g/mol. The summed E-state index contributed by atoms with van der Waals surface area (Å²) in [5.41, 5.74) is 0.524. The van der Waals surface area contributed by atoms with Crippen LogP contribution in [-0.2, 0) is 9.63 Å². The van der Waals surface area contributed by atoms with Gasteiger partial charge in [-0.05, 0) is 25.7 Å². The van der Waals surface area contributed by atoms with Gasteiger partial charge in [0.15, 0.2) is 0 Å². The van der Waals surface area contributed by atoms with Crippen LogP contribution in [0.1, 0.15) is 44.6 Å². The normalized spacial score (nSPS) is 16.7. The molecule has 1 N–H and O–H groups in total. The highest BCUT2D eigenvalue weighted by Crippen LogP contribution is 2.22. The first kappa shape index (κ1) is 17.9. The van der Waals surface area contributed by atoms with E-state index in [9.17, 15) is 14.9 Å². The van der Waals surface area contributed by atoms with Crippen molar-refractivity contribution in [3.8, 4) is 0 Å². The molecule has 1 fully saturated rings. The highest BCUT2D eigenvalue weighted by Gasteiger charge is 2.18. The second-order valence-electron chi connectivity index (χ2n) is 6.08. The lowest BCUT2D eigenvalue weighted by molar-refractivity contribution is -0.384. The number of nitro groups is 1. The van der Waals surface area contributed by atoms with Gasteiger partial charge in [0.05, 0.1) is 11.1 Å². The van der Waals surface area contributed by atoms with Crippen LogP contribution >= 0.6 is 0 Å². The summed E-state index contributed by atoms with van der Waals surface area (Å²) < 4.78 is 0. The van der Waals surface area contributed by atoms with Crippen LogP contribution in [0.5, 0.6) is 0 Å². The molecule has 1 aromatic carbocycles. The summed E-state index contributed by atoms with van der Waals surface area (Å²) >= 11 is 0. The minimum atomic E-state index is -0.705. The number of nitro benzene ring substituents is 1. The number of hydrogen-bond donors (Lipinski definition) is 1. The summed E-state index contributed by atoms with van der Waals surface area (Å²) in [5, 5.41) is 17.4. The fraction of sp³-hybridized carbons (Fsp3) is 0.529. The lowest BCUT2D eigenvalue weighted by Crippen LogP contribution is -2.37. The van der Waals surface area contributed by atoms with Gasteiger partial charge in [0.25, 0.3) is 11.6 Å². The molecule has 7 nitrogen and oxygen atoms in total.